The van der Waals surface area contributed by atoms with Crippen molar-refractivity contribution in [1.29, 1.82) is 0 Å². The highest BCUT2D eigenvalue weighted by molar-refractivity contribution is 6.31. The van der Waals surface area contributed by atoms with Crippen LogP contribution in [0.3, 0.4) is 0 Å². The first-order valence-electron chi connectivity index (χ1n) is 6.97. The molecule has 22 heavy (non-hydrogen) atoms. The highest BCUT2D eigenvalue weighted by Crippen LogP contribution is 2.26. The molecule has 1 amide bonds. The number of benzene rings is 2. The quantitative estimate of drug-likeness (QED) is 0.741. The van der Waals surface area contributed by atoms with Gasteiger partial charge in [0.2, 0.25) is 0 Å². The van der Waals surface area contributed by atoms with Gasteiger partial charge in [-0.1, -0.05) is 29.3 Å². The van der Waals surface area contributed by atoms with Crippen LogP contribution in [0.1, 0.15) is 21.5 Å². The topological polar surface area (TPSA) is 42.0 Å². The molecular weight excluding hydrogens is 296 g/mol. The fraction of sp³-hybridized carbons (Fsp3) is 0.111. The summed E-state index contributed by atoms with van der Waals surface area (Å²) in [6.07, 6.45) is 1.71. The molecule has 3 rings (SSSR count). The molecule has 0 atom stereocenters. The second-order valence-electron chi connectivity index (χ2n) is 5.30. The van der Waals surface area contributed by atoms with Crippen LogP contribution in [0.25, 0.3) is 10.9 Å². The molecule has 0 fully saturated rings. The highest BCUT2D eigenvalue weighted by atomic mass is 35.5. The fourth-order valence-corrected chi connectivity index (χ4v) is 2.74. The maximum Gasteiger partial charge on any atom is 0.255 e. The molecule has 1 N–H and O–H groups in total. The molecule has 0 radical (unpaired) electrons. The van der Waals surface area contributed by atoms with Gasteiger partial charge in [0.1, 0.15) is 0 Å². The van der Waals surface area contributed by atoms with Gasteiger partial charge in [-0.05, 0) is 49.7 Å². The lowest BCUT2D eigenvalue weighted by atomic mass is 10.1. The number of pyridine rings is 1. The van der Waals surface area contributed by atoms with Gasteiger partial charge in [0, 0.05) is 22.2 Å². The van der Waals surface area contributed by atoms with Gasteiger partial charge in [0.25, 0.3) is 5.91 Å². The molecular formula is C18H15ClN2O. The van der Waals surface area contributed by atoms with Crippen LogP contribution in [-0.2, 0) is 0 Å². The van der Waals surface area contributed by atoms with E-state index in [0.29, 0.717) is 10.6 Å². The summed E-state index contributed by atoms with van der Waals surface area (Å²) in [5.41, 5.74) is 4.41. The minimum atomic E-state index is -0.186. The molecule has 1 aromatic heterocycles. The van der Waals surface area contributed by atoms with E-state index in [2.05, 4.69) is 16.4 Å². The summed E-state index contributed by atoms with van der Waals surface area (Å²) in [5.74, 6) is -0.186. The van der Waals surface area contributed by atoms with E-state index in [9.17, 15) is 4.79 Å². The largest absolute Gasteiger partial charge is 0.321 e. The number of hydrogen-bond donors (Lipinski definition) is 1. The van der Waals surface area contributed by atoms with Crippen LogP contribution in [0.4, 0.5) is 5.69 Å². The molecule has 0 saturated carbocycles. The summed E-state index contributed by atoms with van der Waals surface area (Å²) in [5, 5.41) is 4.43. The Kier molecular flexibility index (Phi) is 3.82. The molecule has 4 heteroatoms. The third-order valence-electron chi connectivity index (χ3n) is 3.51. The van der Waals surface area contributed by atoms with Gasteiger partial charge < -0.3 is 5.32 Å². The minimum absolute atomic E-state index is 0.186. The summed E-state index contributed by atoms with van der Waals surface area (Å²) in [6.45, 7) is 4.05. The number of nitrogens with one attached hydrogen (secondary N) is 1. The Balaban J connectivity index is 2.02. The maximum absolute atomic E-state index is 12.4. The summed E-state index contributed by atoms with van der Waals surface area (Å²) in [4.78, 5) is 16.8. The van der Waals surface area contributed by atoms with Crippen LogP contribution >= 0.6 is 11.6 Å². The average molecular weight is 311 g/mol. The van der Waals surface area contributed by atoms with Gasteiger partial charge in [-0.25, -0.2) is 0 Å². The normalized spacial score (nSPS) is 10.7. The van der Waals surface area contributed by atoms with Crippen molar-refractivity contribution in [3.8, 4) is 0 Å². The number of carbonyl (C=O) groups excluding carboxylic acids is 1. The first kappa shape index (κ1) is 14.5. The van der Waals surface area contributed by atoms with E-state index >= 15 is 0 Å². The van der Waals surface area contributed by atoms with Gasteiger partial charge in [-0.3, -0.25) is 9.78 Å². The van der Waals surface area contributed by atoms with Crippen molar-refractivity contribution in [2.24, 2.45) is 0 Å². The molecule has 0 unspecified atom stereocenters. The number of carbonyl (C=O) groups is 1. The maximum atomic E-state index is 12.4. The number of rotatable bonds is 2. The van der Waals surface area contributed by atoms with E-state index < -0.39 is 0 Å². The van der Waals surface area contributed by atoms with E-state index in [1.807, 2.05) is 26.0 Å². The zero-order chi connectivity index (χ0) is 15.7. The van der Waals surface area contributed by atoms with Crippen molar-refractivity contribution in [3.63, 3.8) is 0 Å². The number of halogens is 1. The van der Waals surface area contributed by atoms with Crippen LogP contribution < -0.4 is 5.32 Å². The smallest absolute Gasteiger partial charge is 0.255 e. The molecule has 110 valence electrons. The van der Waals surface area contributed by atoms with E-state index in [4.69, 9.17) is 11.6 Å². The zero-order valence-corrected chi connectivity index (χ0v) is 13.1. The third kappa shape index (κ3) is 2.81. The van der Waals surface area contributed by atoms with Crippen molar-refractivity contribution in [2.45, 2.75) is 13.8 Å². The molecule has 0 aliphatic heterocycles. The average Bonchev–Trinajstić information content (AvgIpc) is 2.48. The number of anilines is 1. The lowest BCUT2D eigenvalue weighted by Crippen LogP contribution is -2.12. The molecule has 2 aromatic carbocycles. The van der Waals surface area contributed by atoms with Crippen LogP contribution in [-0.4, -0.2) is 10.9 Å². The number of aromatic nitrogens is 1. The van der Waals surface area contributed by atoms with Gasteiger partial charge in [-0.2, -0.15) is 0 Å². The zero-order valence-electron chi connectivity index (χ0n) is 12.4. The van der Waals surface area contributed by atoms with Gasteiger partial charge in [-0.15, -0.1) is 0 Å². The summed E-state index contributed by atoms with van der Waals surface area (Å²) < 4.78 is 0. The third-order valence-corrected chi connectivity index (χ3v) is 3.75. The Labute approximate surface area is 133 Å². The standard InChI is InChI=1S/C18H15ClN2O/c1-11-8-12(2)17-15(9-11)16(6-7-20-17)21-18(22)13-4-3-5-14(19)10-13/h3-10H,1-2H3,(H,20,21,22). The van der Waals surface area contributed by atoms with Crippen molar-refractivity contribution in [3.05, 3.63) is 70.4 Å². The Morgan fingerprint density at radius 2 is 1.95 bits per heavy atom. The number of nitrogens with zero attached hydrogens (tertiary/aromatic N) is 1. The number of aryl methyl sites for hydroxylation is 2. The predicted octanol–water partition coefficient (Wildman–Crippen LogP) is 4.76. The van der Waals surface area contributed by atoms with Crippen molar-refractivity contribution in [2.75, 3.05) is 5.32 Å². The second-order valence-corrected chi connectivity index (χ2v) is 5.74. The minimum Gasteiger partial charge on any atom is -0.321 e. The van der Waals surface area contributed by atoms with Crippen LogP contribution in [0.15, 0.2) is 48.7 Å². The molecule has 3 nitrogen and oxygen atoms in total. The van der Waals surface area contributed by atoms with Crippen LogP contribution in [0, 0.1) is 13.8 Å². The van der Waals surface area contributed by atoms with E-state index in [-0.39, 0.29) is 5.91 Å². The van der Waals surface area contributed by atoms with Crippen molar-refractivity contribution >= 4 is 34.1 Å². The summed E-state index contributed by atoms with van der Waals surface area (Å²) >= 11 is 5.94. The van der Waals surface area contributed by atoms with Gasteiger partial charge >= 0.3 is 0 Å². The van der Waals surface area contributed by atoms with Gasteiger partial charge in [0.05, 0.1) is 11.2 Å². The lowest BCUT2D eigenvalue weighted by Gasteiger charge is -2.11. The molecule has 0 saturated heterocycles. The number of amides is 1. The van der Waals surface area contributed by atoms with E-state index in [1.165, 1.54) is 0 Å². The SMILES string of the molecule is Cc1cc(C)c2nccc(NC(=O)c3cccc(Cl)c3)c2c1. The monoisotopic (exact) mass is 310 g/mol. The van der Waals surface area contributed by atoms with Crippen molar-refractivity contribution < 1.29 is 4.79 Å². The summed E-state index contributed by atoms with van der Waals surface area (Å²) in [7, 11) is 0. The molecule has 1 heterocycles. The molecule has 0 aliphatic carbocycles. The van der Waals surface area contributed by atoms with Crippen molar-refractivity contribution in [1.82, 2.24) is 4.98 Å². The predicted molar refractivity (Wildman–Crippen MR) is 90.6 cm³/mol. The molecule has 0 spiro atoms. The highest BCUT2D eigenvalue weighted by Gasteiger charge is 2.10. The second kappa shape index (κ2) is 5.78. The first-order valence-corrected chi connectivity index (χ1v) is 7.35. The summed E-state index contributed by atoms with van der Waals surface area (Å²) in [6, 6.07) is 12.8. The molecule has 0 bridgehead atoms. The molecule has 0 aliphatic rings. The van der Waals surface area contributed by atoms with E-state index in [0.717, 1.165) is 27.7 Å². The Bertz CT molecular complexity index is 874. The Morgan fingerprint density at radius 3 is 2.73 bits per heavy atom. The van der Waals surface area contributed by atoms with Gasteiger partial charge in [0.15, 0.2) is 0 Å². The first-order chi connectivity index (χ1) is 10.5. The lowest BCUT2D eigenvalue weighted by molar-refractivity contribution is 0.102. The van der Waals surface area contributed by atoms with E-state index in [1.54, 1.807) is 30.5 Å². The Morgan fingerprint density at radius 1 is 1.14 bits per heavy atom. The van der Waals surface area contributed by atoms with Crippen LogP contribution in [0.2, 0.25) is 5.02 Å². The Hall–Kier alpha value is -2.39. The number of hydrogen-bond acceptors (Lipinski definition) is 2. The fourth-order valence-electron chi connectivity index (χ4n) is 2.55. The van der Waals surface area contributed by atoms with Crippen LogP contribution in [0.5, 0.6) is 0 Å². The molecule has 3 aromatic rings. The number of fused-ring (bicyclic) bond motifs is 1.